The molecule has 7 aromatic rings. The second-order valence-electron chi connectivity index (χ2n) is 8.26. The third-order valence-electron chi connectivity index (χ3n) is 6.09. The molecule has 0 atom stereocenters. The van der Waals surface area contributed by atoms with Crippen molar-refractivity contribution in [3.8, 4) is 32.6 Å². The summed E-state index contributed by atoms with van der Waals surface area (Å²) in [5.74, 6) is 0.140. The molecule has 2 aromatic heterocycles. The molecule has 0 spiro atoms. The number of phenolic OH excluding ortho intramolecular Hbond substituents is 2. The average molecular weight is 477 g/mol. The minimum absolute atomic E-state index is 0.0702. The summed E-state index contributed by atoms with van der Waals surface area (Å²) in [5.41, 5.74) is 2.77. The summed E-state index contributed by atoms with van der Waals surface area (Å²) in [6.07, 6.45) is 0. The number of hydrogen-bond acceptors (Lipinski definition) is 6. The Morgan fingerprint density at radius 1 is 0.500 bits per heavy atom. The minimum atomic E-state index is 0.0702. The second-order valence-corrected chi connectivity index (χ2v) is 10.3. The molecule has 0 radical (unpaired) electrons. The lowest BCUT2D eigenvalue weighted by molar-refractivity contribution is 0.463. The largest absolute Gasteiger partial charge is 0.507 e. The predicted molar refractivity (Wildman–Crippen MR) is 142 cm³/mol. The summed E-state index contributed by atoms with van der Waals surface area (Å²) in [7, 11) is 0. The van der Waals surface area contributed by atoms with Crippen LogP contribution >= 0.6 is 22.7 Å². The van der Waals surface area contributed by atoms with E-state index in [0.29, 0.717) is 21.1 Å². The molecule has 162 valence electrons. The summed E-state index contributed by atoms with van der Waals surface area (Å²) in [4.78, 5) is 9.48. The fourth-order valence-electron chi connectivity index (χ4n) is 4.38. The van der Waals surface area contributed by atoms with Crippen LogP contribution < -0.4 is 0 Å². The van der Waals surface area contributed by atoms with Crippen molar-refractivity contribution in [2.75, 3.05) is 0 Å². The number of nitrogens with zero attached hydrogens (tertiary/aromatic N) is 2. The van der Waals surface area contributed by atoms with E-state index in [1.54, 1.807) is 12.1 Å². The Bertz CT molecular complexity index is 1660. The van der Waals surface area contributed by atoms with Crippen molar-refractivity contribution < 1.29 is 10.2 Å². The van der Waals surface area contributed by atoms with Crippen molar-refractivity contribution >= 4 is 64.7 Å². The van der Waals surface area contributed by atoms with Gasteiger partial charge in [-0.1, -0.05) is 48.5 Å². The van der Waals surface area contributed by atoms with E-state index in [0.717, 1.165) is 42.0 Å². The van der Waals surface area contributed by atoms with Gasteiger partial charge in [0.05, 0.1) is 31.6 Å². The molecule has 0 aliphatic carbocycles. The van der Waals surface area contributed by atoms with Gasteiger partial charge in [0.15, 0.2) is 0 Å². The fourth-order valence-corrected chi connectivity index (χ4v) is 6.42. The van der Waals surface area contributed by atoms with Gasteiger partial charge in [-0.3, -0.25) is 0 Å². The molecule has 0 unspecified atom stereocenters. The zero-order valence-corrected chi connectivity index (χ0v) is 19.3. The standard InChI is InChI=1S/C28H16N2O2S2/c31-23-14-20(28-30-22-10-16-6-2-4-8-18(16)12-26(22)34-28)24(32)13-19(23)27-29-21-9-15-5-1-3-7-17(15)11-25(21)33-27/h1-14,31-32H. The molecule has 2 N–H and O–H groups in total. The highest BCUT2D eigenvalue weighted by molar-refractivity contribution is 7.22. The van der Waals surface area contributed by atoms with Gasteiger partial charge >= 0.3 is 0 Å². The van der Waals surface area contributed by atoms with Crippen molar-refractivity contribution in [3.63, 3.8) is 0 Å². The van der Waals surface area contributed by atoms with Gasteiger partial charge in [-0.25, -0.2) is 9.97 Å². The highest BCUT2D eigenvalue weighted by Gasteiger charge is 2.18. The lowest BCUT2D eigenvalue weighted by atomic mass is 10.1. The van der Waals surface area contributed by atoms with E-state index in [-0.39, 0.29) is 11.5 Å². The Labute approximate surface area is 202 Å². The number of benzene rings is 5. The van der Waals surface area contributed by atoms with Gasteiger partial charge in [-0.15, -0.1) is 22.7 Å². The van der Waals surface area contributed by atoms with E-state index in [1.807, 2.05) is 24.3 Å². The van der Waals surface area contributed by atoms with Gasteiger partial charge in [0.25, 0.3) is 0 Å². The minimum Gasteiger partial charge on any atom is -0.507 e. The van der Waals surface area contributed by atoms with Gasteiger partial charge in [-0.05, 0) is 57.9 Å². The van der Waals surface area contributed by atoms with Crippen molar-refractivity contribution in [3.05, 3.63) is 84.9 Å². The molecule has 0 saturated heterocycles. The van der Waals surface area contributed by atoms with Crippen molar-refractivity contribution in [1.82, 2.24) is 9.97 Å². The molecule has 6 heteroatoms. The maximum Gasteiger partial charge on any atom is 0.128 e. The Morgan fingerprint density at radius 3 is 1.29 bits per heavy atom. The van der Waals surface area contributed by atoms with E-state index >= 15 is 0 Å². The first-order valence-corrected chi connectivity index (χ1v) is 12.4. The van der Waals surface area contributed by atoms with Gasteiger partial charge in [-0.2, -0.15) is 0 Å². The van der Waals surface area contributed by atoms with E-state index in [1.165, 1.54) is 22.7 Å². The third kappa shape index (κ3) is 3.04. The van der Waals surface area contributed by atoms with Crippen LogP contribution in [0.25, 0.3) is 63.1 Å². The first-order valence-electron chi connectivity index (χ1n) is 10.8. The quantitative estimate of drug-likeness (QED) is 0.248. The topological polar surface area (TPSA) is 66.2 Å². The van der Waals surface area contributed by atoms with E-state index in [4.69, 9.17) is 9.97 Å². The molecule has 7 rings (SSSR count). The second kappa shape index (κ2) is 7.25. The first kappa shape index (κ1) is 19.5. The highest BCUT2D eigenvalue weighted by atomic mass is 32.1. The molecular weight excluding hydrogens is 460 g/mol. The predicted octanol–water partition coefficient (Wildman–Crippen LogP) is 7.96. The summed E-state index contributed by atoms with van der Waals surface area (Å²) in [5, 5.41) is 27.7. The van der Waals surface area contributed by atoms with Crippen molar-refractivity contribution in [1.29, 1.82) is 0 Å². The maximum atomic E-state index is 10.9. The Kier molecular flexibility index (Phi) is 4.15. The number of rotatable bonds is 2. The monoisotopic (exact) mass is 476 g/mol. The molecule has 34 heavy (non-hydrogen) atoms. The summed E-state index contributed by atoms with van der Waals surface area (Å²) < 4.78 is 2.07. The van der Waals surface area contributed by atoms with Crippen LogP contribution in [0.2, 0.25) is 0 Å². The lowest BCUT2D eigenvalue weighted by Crippen LogP contribution is -1.83. The van der Waals surface area contributed by atoms with Gasteiger partial charge < -0.3 is 10.2 Å². The number of aromatic nitrogens is 2. The molecule has 0 aliphatic rings. The molecule has 0 bridgehead atoms. The zero-order chi connectivity index (χ0) is 22.8. The Hall–Kier alpha value is -4.00. The van der Waals surface area contributed by atoms with Crippen LogP contribution in [0.15, 0.2) is 84.9 Å². The summed E-state index contributed by atoms with van der Waals surface area (Å²) >= 11 is 3.00. The van der Waals surface area contributed by atoms with Crippen LogP contribution in [0.4, 0.5) is 0 Å². The number of fused-ring (bicyclic) bond motifs is 4. The molecule has 0 aliphatic heterocycles. The van der Waals surface area contributed by atoms with Crippen LogP contribution in [-0.2, 0) is 0 Å². The molecule has 0 amide bonds. The lowest BCUT2D eigenvalue weighted by Gasteiger charge is -2.06. The summed E-state index contributed by atoms with van der Waals surface area (Å²) in [6.45, 7) is 0. The van der Waals surface area contributed by atoms with Gasteiger partial charge in [0.1, 0.15) is 21.5 Å². The smallest absolute Gasteiger partial charge is 0.128 e. The Morgan fingerprint density at radius 2 is 0.882 bits per heavy atom. The maximum absolute atomic E-state index is 10.9. The zero-order valence-electron chi connectivity index (χ0n) is 17.7. The SMILES string of the molecule is Oc1cc(-c2nc3cc4ccccc4cc3s2)c(O)cc1-c1nc2cc3ccccc3cc2s1. The normalized spacial score (nSPS) is 11.8. The van der Waals surface area contributed by atoms with E-state index < -0.39 is 0 Å². The van der Waals surface area contributed by atoms with Crippen LogP contribution in [0, 0.1) is 0 Å². The van der Waals surface area contributed by atoms with E-state index in [2.05, 4.69) is 48.5 Å². The van der Waals surface area contributed by atoms with Crippen LogP contribution in [-0.4, -0.2) is 20.2 Å². The first-order chi connectivity index (χ1) is 16.6. The van der Waals surface area contributed by atoms with Crippen LogP contribution in [0.3, 0.4) is 0 Å². The molecule has 2 heterocycles. The highest BCUT2D eigenvalue weighted by Crippen LogP contribution is 2.44. The average Bonchev–Trinajstić information content (AvgIpc) is 3.45. The molecule has 5 aromatic carbocycles. The van der Waals surface area contributed by atoms with E-state index in [9.17, 15) is 10.2 Å². The number of thiazole rings is 2. The van der Waals surface area contributed by atoms with Gasteiger partial charge in [0, 0.05) is 0 Å². The van der Waals surface area contributed by atoms with Crippen LogP contribution in [0.5, 0.6) is 11.5 Å². The molecule has 4 nitrogen and oxygen atoms in total. The molecule has 0 fully saturated rings. The number of phenols is 2. The number of hydrogen-bond donors (Lipinski definition) is 2. The third-order valence-corrected chi connectivity index (χ3v) is 8.19. The van der Waals surface area contributed by atoms with Gasteiger partial charge in [0.2, 0.25) is 0 Å². The Balaban J connectivity index is 1.34. The molecular formula is C28H16N2O2S2. The van der Waals surface area contributed by atoms with Crippen molar-refractivity contribution in [2.45, 2.75) is 0 Å². The molecule has 0 saturated carbocycles. The van der Waals surface area contributed by atoms with Crippen molar-refractivity contribution in [2.24, 2.45) is 0 Å². The van der Waals surface area contributed by atoms with Crippen LogP contribution in [0.1, 0.15) is 0 Å². The summed E-state index contributed by atoms with van der Waals surface area (Å²) in [6, 6.07) is 27.8. The number of aromatic hydroxyl groups is 2. The fraction of sp³-hybridized carbons (Fsp3) is 0.